The molecule has 0 aromatic rings. The molecule has 0 amide bonds. The minimum absolute atomic E-state index is 0.115. The van der Waals surface area contributed by atoms with Crippen molar-refractivity contribution in [2.24, 2.45) is 0 Å². The summed E-state index contributed by atoms with van der Waals surface area (Å²) in [6.45, 7) is 41.4. The zero-order chi connectivity index (χ0) is 31.3. The Hall–Kier alpha value is -2.65. The Bertz CT molecular complexity index is 952. The van der Waals surface area contributed by atoms with Gasteiger partial charge in [0.25, 0.3) is 0 Å². The van der Waals surface area contributed by atoms with E-state index in [9.17, 15) is 10.5 Å². The van der Waals surface area contributed by atoms with E-state index in [1.165, 1.54) is 18.1 Å². The lowest BCUT2D eigenvalue weighted by Crippen LogP contribution is -2.16. The van der Waals surface area contributed by atoms with Crippen LogP contribution in [0.2, 0.25) is 0 Å². The molecular weight excluding hydrogens is 466 g/mol. The van der Waals surface area contributed by atoms with E-state index in [0.29, 0.717) is 12.1 Å². The second-order valence-electron chi connectivity index (χ2n) is 8.94. The van der Waals surface area contributed by atoms with Crippen LogP contribution in [0.1, 0.15) is 117 Å². The van der Waals surface area contributed by atoms with Gasteiger partial charge in [0, 0.05) is 11.1 Å². The van der Waals surface area contributed by atoms with Crippen LogP contribution in [0.15, 0.2) is 92.9 Å². The summed E-state index contributed by atoms with van der Waals surface area (Å²) in [5, 5.41) is 27.4. The summed E-state index contributed by atoms with van der Waals surface area (Å²) in [7, 11) is 0. The molecule has 0 fully saturated rings. The van der Waals surface area contributed by atoms with Gasteiger partial charge < -0.3 is 10.2 Å². The number of aliphatic hydroxyl groups excluding tert-OH is 2. The van der Waals surface area contributed by atoms with Crippen LogP contribution in [0.3, 0.4) is 0 Å². The second kappa shape index (κ2) is 23.5. The van der Waals surface area contributed by atoms with Crippen molar-refractivity contribution in [2.45, 2.75) is 117 Å². The smallest absolute Gasteiger partial charge is 0.0820 e. The molecule has 0 radical (unpaired) electrons. The SMILES string of the molecule is C=C(C)C(=C)/C(CO)=C(CC)\C(C(=N)/C(C(C)=C(C)C)=C(C)\C(C)=C/C)=C(\C)CC.C=C(C)O.CC.CC. The van der Waals surface area contributed by atoms with Crippen molar-refractivity contribution >= 4 is 5.71 Å². The molecule has 0 unspecified atom stereocenters. The largest absolute Gasteiger partial charge is 0.513 e. The highest BCUT2D eigenvalue weighted by molar-refractivity contribution is 6.17. The van der Waals surface area contributed by atoms with E-state index in [2.05, 4.69) is 81.2 Å². The van der Waals surface area contributed by atoms with E-state index in [1.54, 1.807) is 0 Å². The van der Waals surface area contributed by atoms with Gasteiger partial charge in [0.2, 0.25) is 0 Å². The van der Waals surface area contributed by atoms with Gasteiger partial charge in [-0.05, 0) is 103 Å². The predicted molar refractivity (Wildman–Crippen MR) is 175 cm³/mol. The van der Waals surface area contributed by atoms with E-state index < -0.39 is 0 Å². The number of allylic oxidation sites excluding steroid dienone is 11. The standard InChI is InChI=1S/C28H43NO.C3H6O.2C2H6/c1-13-19(8)23(12)27(22(11)18(6)7)28(29)26(20(9)14-2)24(15-3)25(16-30)21(10)17(4)5;1-3(2)4;2*1-2/h13,29-30H,4,10,14-16H2,1-3,5-9,11-12H3;4H,1H2,2H3;2*1-2H3/b19-13-,25-24-,26-20+,27-23-,29-28?;;;. The summed E-state index contributed by atoms with van der Waals surface area (Å²) in [4.78, 5) is 0. The Labute approximate surface area is 237 Å². The van der Waals surface area contributed by atoms with Crippen LogP contribution in [0.4, 0.5) is 0 Å². The Morgan fingerprint density at radius 1 is 0.737 bits per heavy atom. The number of rotatable bonds is 10. The van der Waals surface area contributed by atoms with Gasteiger partial charge in [-0.25, -0.2) is 0 Å². The van der Waals surface area contributed by atoms with Gasteiger partial charge in [-0.1, -0.05) is 89.6 Å². The molecule has 0 saturated heterocycles. The highest BCUT2D eigenvalue weighted by Crippen LogP contribution is 2.34. The summed E-state index contributed by atoms with van der Waals surface area (Å²) in [6.07, 6.45) is 3.64. The van der Waals surface area contributed by atoms with Crippen molar-refractivity contribution in [1.82, 2.24) is 0 Å². The summed E-state index contributed by atoms with van der Waals surface area (Å²) in [5.41, 5.74) is 11.5. The van der Waals surface area contributed by atoms with Crippen LogP contribution in [0.25, 0.3) is 0 Å². The van der Waals surface area contributed by atoms with E-state index in [1.807, 2.05) is 41.5 Å². The molecule has 0 atom stereocenters. The van der Waals surface area contributed by atoms with Crippen molar-refractivity contribution in [3.8, 4) is 0 Å². The van der Waals surface area contributed by atoms with E-state index in [0.717, 1.165) is 56.6 Å². The maximum absolute atomic E-state index is 10.2. The molecule has 0 rings (SSSR count). The lowest BCUT2D eigenvalue weighted by Gasteiger charge is -2.24. The van der Waals surface area contributed by atoms with E-state index >= 15 is 0 Å². The Morgan fingerprint density at radius 2 is 1.16 bits per heavy atom. The monoisotopic (exact) mass is 527 g/mol. The van der Waals surface area contributed by atoms with Crippen LogP contribution < -0.4 is 0 Å². The first kappa shape index (κ1) is 42.4. The normalized spacial score (nSPS) is 12.4. The molecule has 218 valence electrons. The van der Waals surface area contributed by atoms with Crippen LogP contribution in [0.5, 0.6) is 0 Å². The lowest BCUT2D eigenvalue weighted by molar-refractivity contribution is 0.332. The van der Waals surface area contributed by atoms with Crippen LogP contribution in [-0.4, -0.2) is 22.5 Å². The summed E-state index contributed by atoms with van der Waals surface area (Å²) >= 11 is 0. The first-order chi connectivity index (χ1) is 17.6. The van der Waals surface area contributed by atoms with Crippen molar-refractivity contribution in [3.63, 3.8) is 0 Å². The van der Waals surface area contributed by atoms with Gasteiger partial charge in [-0.15, -0.1) is 0 Å². The maximum Gasteiger partial charge on any atom is 0.0820 e. The molecule has 0 aliphatic heterocycles. The molecule has 0 aliphatic carbocycles. The fourth-order valence-corrected chi connectivity index (χ4v) is 3.42. The topological polar surface area (TPSA) is 64.3 Å². The molecule has 0 bridgehead atoms. The summed E-state index contributed by atoms with van der Waals surface area (Å²) < 4.78 is 0. The third kappa shape index (κ3) is 14.3. The molecule has 0 aromatic heterocycles. The lowest BCUT2D eigenvalue weighted by atomic mass is 9.80. The number of nitrogens with one attached hydrogen (secondary N) is 1. The van der Waals surface area contributed by atoms with Crippen LogP contribution in [-0.2, 0) is 0 Å². The van der Waals surface area contributed by atoms with Crippen molar-refractivity contribution in [1.29, 1.82) is 5.41 Å². The van der Waals surface area contributed by atoms with Crippen molar-refractivity contribution in [2.75, 3.05) is 6.61 Å². The Morgan fingerprint density at radius 3 is 1.42 bits per heavy atom. The first-order valence-corrected chi connectivity index (χ1v) is 13.9. The Kier molecular flexibility index (Phi) is 26.2. The van der Waals surface area contributed by atoms with Crippen molar-refractivity contribution < 1.29 is 10.2 Å². The molecule has 3 nitrogen and oxygen atoms in total. The quantitative estimate of drug-likeness (QED) is 0.150. The molecule has 0 aliphatic rings. The van der Waals surface area contributed by atoms with E-state index in [4.69, 9.17) is 5.11 Å². The van der Waals surface area contributed by atoms with Gasteiger partial charge in [-0.3, -0.25) is 5.41 Å². The molecule has 3 N–H and O–H groups in total. The molecule has 3 heteroatoms. The zero-order valence-corrected chi connectivity index (χ0v) is 27.7. The maximum atomic E-state index is 10.2. The molecule has 0 saturated carbocycles. The minimum atomic E-state index is -0.115. The fraction of sp³-hybridized carbons (Fsp3) is 0.514. The molecule has 38 heavy (non-hydrogen) atoms. The number of hydrogen-bond donors (Lipinski definition) is 3. The van der Waals surface area contributed by atoms with Gasteiger partial charge in [0.15, 0.2) is 0 Å². The molecule has 0 spiro atoms. The van der Waals surface area contributed by atoms with Gasteiger partial charge in [0.1, 0.15) is 0 Å². The fourth-order valence-electron chi connectivity index (χ4n) is 3.42. The second-order valence-corrected chi connectivity index (χ2v) is 8.94. The van der Waals surface area contributed by atoms with Crippen molar-refractivity contribution in [3.05, 3.63) is 92.9 Å². The third-order valence-electron chi connectivity index (χ3n) is 6.04. The third-order valence-corrected chi connectivity index (χ3v) is 6.04. The first-order valence-electron chi connectivity index (χ1n) is 13.9. The molecule has 0 heterocycles. The average molecular weight is 528 g/mol. The summed E-state index contributed by atoms with van der Waals surface area (Å²) in [5.74, 6) is 0.167. The Balaban J connectivity index is -0.000000641. The van der Waals surface area contributed by atoms with Crippen LogP contribution >= 0.6 is 0 Å². The van der Waals surface area contributed by atoms with Gasteiger partial charge in [0.05, 0.1) is 18.1 Å². The number of hydrogen-bond acceptors (Lipinski definition) is 3. The highest BCUT2D eigenvalue weighted by atomic mass is 16.3. The zero-order valence-electron chi connectivity index (χ0n) is 27.7. The molecule has 0 aromatic carbocycles. The highest BCUT2D eigenvalue weighted by Gasteiger charge is 2.23. The van der Waals surface area contributed by atoms with E-state index in [-0.39, 0.29) is 12.4 Å². The predicted octanol–water partition coefficient (Wildman–Crippen LogP) is 11.3. The van der Waals surface area contributed by atoms with Crippen LogP contribution in [0, 0.1) is 5.41 Å². The minimum Gasteiger partial charge on any atom is -0.513 e. The van der Waals surface area contributed by atoms with Gasteiger partial charge >= 0.3 is 0 Å². The number of aliphatic hydroxyl groups is 2. The summed E-state index contributed by atoms with van der Waals surface area (Å²) in [6, 6.07) is 0. The molecular formula is C35H61NO2. The van der Waals surface area contributed by atoms with Gasteiger partial charge in [-0.2, -0.15) is 0 Å². The average Bonchev–Trinajstić information content (AvgIpc) is 2.89.